The molecule has 2 heterocycles. The number of hydrogen-bond donors (Lipinski definition) is 2. The SMILES string of the molecule is NC(=O)c1c(C2CCCO2)csc1N. The van der Waals surface area contributed by atoms with Crippen molar-refractivity contribution in [3.05, 3.63) is 16.5 Å². The quantitative estimate of drug-likeness (QED) is 0.775. The standard InChI is InChI=1S/C9H12N2O2S/c10-8(12)7-5(4-14-9(7)11)6-2-1-3-13-6/h4,6H,1-3,11H2,(H2,10,12). The third kappa shape index (κ3) is 1.49. The van der Waals surface area contributed by atoms with Gasteiger partial charge in [-0.1, -0.05) is 0 Å². The van der Waals surface area contributed by atoms with E-state index in [2.05, 4.69) is 0 Å². The highest BCUT2D eigenvalue weighted by Crippen LogP contribution is 2.36. The molecule has 1 aromatic heterocycles. The van der Waals surface area contributed by atoms with Gasteiger partial charge in [0.2, 0.25) is 0 Å². The first-order chi connectivity index (χ1) is 6.70. The van der Waals surface area contributed by atoms with E-state index in [4.69, 9.17) is 16.2 Å². The van der Waals surface area contributed by atoms with Gasteiger partial charge in [0.15, 0.2) is 0 Å². The van der Waals surface area contributed by atoms with Crippen LogP contribution in [0.2, 0.25) is 0 Å². The monoisotopic (exact) mass is 212 g/mol. The first-order valence-corrected chi connectivity index (χ1v) is 5.36. The van der Waals surface area contributed by atoms with Crippen molar-refractivity contribution >= 4 is 22.2 Å². The highest BCUT2D eigenvalue weighted by Gasteiger charge is 2.25. The minimum atomic E-state index is -0.464. The van der Waals surface area contributed by atoms with Crippen LogP contribution in [0.1, 0.15) is 34.9 Å². The molecular formula is C9H12N2O2S. The van der Waals surface area contributed by atoms with Gasteiger partial charge in [0.1, 0.15) is 0 Å². The van der Waals surface area contributed by atoms with Crippen molar-refractivity contribution in [2.24, 2.45) is 5.73 Å². The van der Waals surface area contributed by atoms with Crippen LogP contribution in [0.25, 0.3) is 0 Å². The maximum Gasteiger partial charge on any atom is 0.252 e. The summed E-state index contributed by atoms with van der Waals surface area (Å²) in [7, 11) is 0. The lowest BCUT2D eigenvalue weighted by atomic mass is 10.0. The Hall–Kier alpha value is -1.07. The van der Waals surface area contributed by atoms with E-state index < -0.39 is 5.91 Å². The number of anilines is 1. The number of ether oxygens (including phenoxy) is 1. The van der Waals surface area contributed by atoms with Crippen LogP contribution < -0.4 is 11.5 Å². The van der Waals surface area contributed by atoms with Gasteiger partial charge in [-0.2, -0.15) is 0 Å². The predicted molar refractivity (Wildman–Crippen MR) is 55.2 cm³/mol. The van der Waals surface area contributed by atoms with Crippen molar-refractivity contribution in [3.8, 4) is 0 Å². The van der Waals surface area contributed by atoms with Gasteiger partial charge in [-0.15, -0.1) is 11.3 Å². The summed E-state index contributed by atoms with van der Waals surface area (Å²) in [6.45, 7) is 0.749. The number of carbonyl (C=O) groups excluding carboxylic acids is 1. The number of hydrogen-bond acceptors (Lipinski definition) is 4. The van der Waals surface area contributed by atoms with Crippen LogP contribution in [-0.2, 0) is 4.74 Å². The molecule has 4 N–H and O–H groups in total. The second-order valence-corrected chi connectivity index (χ2v) is 4.21. The average molecular weight is 212 g/mol. The zero-order valence-corrected chi connectivity index (χ0v) is 8.47. The molecule has 4 nitrogen and oxygen atoms in total. The maximum atomic E-state index is 11.2. The molecule has 0 aromatic carbocycles. The minimum absolute atomic E-state index is 0.00560. The van der Waals surface area contributed by atoms with Crippen molar-refractivity contribution in [1.82, 2.24) is 0 Å². The molecule has 76 valence electrons. The Balaban J connectivity index is 2.37. The molecule has 2 rings (SSSR count). The fourth-order valence-electron chi connectivity index (χ4n) is 1.71. The van der Waals surface area contributed by atoms with Gasteiger partial charge < -0.3 is 16.2 Å². The van der Waals surface area contributed by atoms with Crippen LogP contribution in [0, 0.1) is 0 Å². The topological polar surface area (TPSA) is 78.3 Å². The Labute approximate surface area is 85.8 Å². The lowest BCUT2D eigenvalue weighted by Crippen LogP contribution is -2.15. The van der Waals surface area contributed by atoms with Crippen molar-refractivity contribution < 1.29 is 9.53 Å². The first-order valence-electron chi connectivity index (χ1n) is 4.48. The number of thiophene rings is 1. The summed E-state index contributed by atoms with van der Waals surface area (Å²) in [6.07, 6.45) is 1.97. The summed E-state index contributed by atoms with van der Waals surface area (Å²) in [5.41, 5.74) is 12.2. The molecule has 1 atom stereocenters. The zero-order valence-electron chi connectivity index (χ0n) is 7.66. The van der Waals surface area contributed by atoms with Gasteiger partial charge in [0.05, 0.1) is 16.7 Å². The van der Waals surface area contributed by atoms with Crippen LogP contribution in [0.3, 0.4) is 0 Å². The zero-order chi connectivity index (χ0) is 10.1. The van der Waals surface area contributed by atoms with Crippen molar-refractivity contribution in [2.45, 2.75) is 18.9 Å². The Morgan fingerprint density at radius 3 is 3.00 bits per heavy atom. The largest absolute Gasteiger partial charge is 0.390 e. The Bertz CT molecular complexity index is 356. The molecule has 0 spiro atoms. The van der Waals surface area contributed by atoms with Crippen molar-refractivity contribution in [1.29, 1.82) is 0 Å². The van der Waals surface area contributed by atoms with Crippen LogP contribution in [0.15, 0.2) is 5.38 Å². The molecule has 0 radical (unpaired) electrons. The molecule has 1 saturated heterocycles. The van der Waals surface area contributed by atoms with Gasteiger partial charge in [-0.25, -0.2) is 0 Å². The molecule has 1 aromatic rings. The smallest absolute Gasteiger partial charge is 0.252 e. The number of primary amides is 1. The molecule has 14 heavy (non-hydrogen) atoms. The van der Waals surface area contributed by atoms with E-state index in [0.29, 0.717) is 10.6 Å². The summed E-state index contributed by atoms with van der Waals surface area (Å²) in [5.74, 6) is -0.464. The fourth-order valence-corrected chi connectivity index (χ4v) is 2.57. The van der Waals surface area contributed by atoms with Crippen molar-refractivity contribution in [3.63, 3.8) is 0 Å². The summed E-state index contributed by atoms with van der Waals surface area (Å²) in [5, 5.41) is 2.36. The van der Waals surface area contributed by atoms with Gasteiger partial charge in [0, 0.05) is 12.2 Å². The fraction of sp³-hybridized carbons (Fsp3) is 0.444. The van der Waals surface area contributed by atoms with Crippen LogP contribution >= 0.6 is 11.3 Å². The van der Waals surface area contributed by atoms with Crippen LogP contribution in [0.5, 0.6) is 0 Å². The van der Waals surface area contributed by atoms with E-state index in [1.54, 1.807) is 0 Å². The van der Waals surface area contributed by atoms with E-state index in [0.717, 1.165) is 25.0 Å². The molecule has 0 aliphatic carbocycles. The molecule has 1 amide bonds. The van der Waals surface area contributed by atoms with Crippen molar-refractivity contribution in [2.75, 3.05) is 12.3 Å². The molecular weight excluding hydrogens is 200 g/mol. The summed E-state index contributed by atoms with van der Waals surface area (Å²) in [6, 6.07) is 0. The molecule has 1 unspecified atom stereocenters. The Morgan fingerprint density at radius 1 is 1.64 bits per heavy atom. The minimum Gasteiger partial charge on any atom is -0.390 e. The Kier molecular flexibility index (Phi) is 2.43. The number of nitrogens with two attached hydrogens (primary N) is 2. The highest BCUT2D eigenvalue weighted by molar-refractivity contribution is 7.14. The second-order valence-electron chi connectivity index (χ2n) is 3.30. The van der Waals surface area contributed by atoms with E-state index >= 15 is 0 Å². The van der Waals surface area contributed by atoms with Gasteiger partial charge in [-0.05, 0) is 18.2 Å². The van der Waals surface area contributed by atoms with E-state index in [1.165, 1.54) is 11.3 Å². The lowest BCUT2D eigenvalue weighted by molar-refractivity contribution is 0.0972. The third-order valence-corrected chi connectivity index (χ3v) is 3.20. The highest BCUT2D eigenvalue weighted by atomic mass is 32.1. The number of amides is 1. The number of rotatable bonds is 2. The lowest BCUT2D eigenvalue weighted by Gasteiger charge is -2.08. The first kappa shape index (κ1) is 9.48. The number of carbonyl (C=O) groups is 1. The predicted octanol–water partition coefficient (Wildman–Crippen LogP) is 1.28. The summed E-state index contributed by atoms with van der Waals surface area (Å²) < 4.78 is 5.49. The normalized spacial score (nSPS) is 21.3. The van der Waals surface area contributed by atoms with Crippen LogP contribution in [-0.4, -0.2) is 12.5 Å². The molecule has 1 aliphatic rings. The molecule has 0 saturated carbocycles. The molecule has 1 fully saturated rings. The summed E-state index contributed by atoms with van der Waals surface area (Å²) in [4.78, 5) is 11.2. The van der Waals surface area contributed by atoms with E-state index in [-0.39, 0.29) is 6.10 Å². The Morgan fingerprint density at radius 2 is 2.43 bits per heavy atom. The van der Waals surface area contributed by atoms with Gasteiger partial charge >= 0.3 is 0 Å². The van der Waals surface area contributed by atoms with E-state index in [1.807, 2.05) is 5.38 Å². The molecule has 0 bridgehead atoms. The maximum absolute atomic E-state index is 11.2. The number of nitrogen functional groups attached to an aromatic ring is 1. The molecule has 5 heteroatoms. The van der Waals surface area contributed by atoms with Crippen LogP contribution in [0.4, 0.5) is 5.00 Å². The van der Waals surface area contributed by atoms with Gasteiger partial charge in [0.25, 0.3) is 5.91 Å². The van der Waals surface area contributed by atoms with E-state index in [9.17, 15) is 4.79 Å². The second kappa shape index (κ2) is 3.59. The van der Waals surface area contributed by atoms with Gasteiger partial charge in [-0.3, -0.25) is 4.79 Å². The summed E-state index contributed by atoms with van der Waals surface area (Å²) >= 11 is 1.34. The molecule has 1 aliphatic heterocycles. The third-order valence-electron chi connectivity index (χ3n) is 2.37. The average Bonchev–Trinajstić information content (AvgIpc) is 2.70.